The van der Waals surface area contributed by atoms with Crippen molar-refractivity contribution in [1.29, 1.82) is 0 Å². The quantitative estimate of drug-likeness (QED) is 0.106. The van der Waals surface area contributed by atoms with E-state index in [1.54, 1.807) is 12.4 Å². The van der Waals surface area contributed by atoms with E-state index in [4.69, 9.17) is 18.9 Å². The van der Waals surface area contributed by atoms with E-state index in [9.17, 15) is 0 Å². The topological polar surface area (TPSA) is 86.8 Å². The molecule has 1 aromatic heterocycles. The molecule has 2 aromatic carbocycles. The average molecular weight is 472 g/mol. The first-order valence-electron chi connectivity index (χ1n) is 11.2. The zero-order valence-electron chi connectivity index (χ0n) is 19.0. The largest absolute Gasteiger partial charge is 0.453 e. The Morgan fingerprint density at radius 3 is 2.65 bits per heavy atom. The molecule has 172 valence electrons. The van der Waals surface area contributed by atoms with Crippen LogP contribution in [0.2, 0.25) is 0 Å². The van der Waals surface area contributed by atoms with E-state index < -0.39 is 0 Å². The van der Waals surface area contributed by atoms with Gasteiger partial charge in [-0.05, 0) is 37.6 Å². The first-order chi connectivity index (χ1) is 16.7. The minimum atomic E-state index is 0.642. The Bertz CT molecular complexity index is 1490. The molecule has 2 N–H and O–H groups in total. The molecule has 7 nitrogen and oxygen atoms in total. The first-order valence-corrected chi connectivity index (χ1v) is 11.9. The summed E-state index contributed by atoms with van der Waals surface area (Å²) < 4.78 is 18.3. The summed E-state index contributed by atoms with van der Waals surface area (Å²) in [5.41, 5.74) is 5.35. The number of hydrogen-bond donors (Lipinski definition) is 2. The third-order valence-corrected chi connectivity index (χ3v) is 6.19. The smallest absolute Gasteiger partial charge is 0.155 e. The molecule has 0 atom stereocenters. The molecule has 0 saturated carbocycles. The number of nitrogens with zero attached hydrogens (tertiary/aromatic N) is 4. The summed E-state index contributed by atoms with van der Waals surface area (Å²) in [4.78, 5) is 16.2. The Morgan fingerprint density at radius 1 is 1.09 bits per heavy atom. The van der Waals surface area contributed by atoms with Gasteiger partial charge in [0.05, 0.1) is 23.3 Å². The second-order valence-electron chi connectivity index (χ2n) is 7.99. The van der Waals surface area contributed by atoms with E-state index in [0.717, 1.165) is 63.0 Å². The van der Waals surface area contributed by atoms with Gasteiger partial charge in [-0.25, -0.2) is 14.7 Å². The minimum Gasteiger partial charge on any atom is -0.453 e. The Hall–Kier alpha value is -3.46. The molecule has 2 heterocycles. The second kappa shape index (κ2) is 9.80. The van der Waals surface area contributed by atoms with Crippen LogP contribution >= 0.6 is 12.2 Å². The van der Waals surface area contributed by atoms with Crippen molar-refractivity contribution in [2.45, 2.75) is 13.8 Å². The number of rotatable bonds is 7. The van der Waals surface area contributed by atoms with Crippen molar-refractivity contribution in [2.75, 3.05) is 24.5 Å². The highest BCUT2D eigenvalue weighted by molar-refractivity contribution is 7.91. The normalized spacial score (nSPS) is 12.1. The van der Waals surface area contributed by atoms with E-state index in [2.05, 4.69) is 46.7 Å². The van der Waals surface area contributed by atoms with Crippen molar-refractivity contribution in [2.24, 2.45) is 4.99 Å². The molecule has 0 unspecified atom stereocenters. The van der Waals surface area contributed by atoms with Crippen LogP contribution in [0.3, 0.4) is 0 Å². The third kappa shape index (κ3) is 4.35. The number of benzene rings is 3. The molecule has 0 radical (unpaired) electrons. The van der Waals surface area contributed by atoms with Crippen molar-refractivity contribution < 1.29 is 8.97 Å². The van der Waals surface area contributed by atoms with E-state index in [0.29, 0.717) is 24.5 Å². The molecular weight excluding hydrogens is 446 g/mol. The van der Waals surface area contributed by atoms with E-state index in [-0.39, 0.29) is 0 Å². The van der Waals surface area contributed by atoms with Crippen LogP contribution < -0.4 is 15.0 Å². The molecule has 0 bridgehead atoms. The molecule has 1 aliphatic heterocycles. The van der Waals surface area contributed by atoms with E-state index >= 15 is 0 Å². The molecule has 0 fully saturated rings. The molecule has 2 aliphatic rings. The highest BCUT2D eigenvalue weighted by Gasteiger charge is 2.17. The highest BCUT2D eigenvalue weighted by Crippen LogP contribution is 2.33. The zero-order valence-corrected chi connectivity index (χ0v) is 19.8. The van der Waals surface area contributed by atoms with Gasteiger partial charge in [0.2, 0.25) is 0 Å². The standard InChI is InChI=1S/C26H25N5O2S/c1-3-31(13-12-28-34-32)19-14-17(2)25-23(15-19)33-24-16-22(29-18-8-10-27-11-9-18)20-6-4-5-7-21(20)26(24)30-25/h4-11,14-16,28,32H,3,12-13H2,1-2H3/b29-22-. The van der Waals surface area contributed by atoms with Crippen molar-refractivity contribution in [3.05, 3.63) is 77.9 Å². The Balaban J connectivity index is 1.71. The summed E-state index contributed by atoms with van der Waals surface area (Å²) in [6, 6.07) is 18.1. The fourth-order valence-electron chi connectivity index (χ4n) is 4.22. The van der Waals surface area contributed by atoms with Crippen LogP contribution in [-0.2, 0) is 0 Å². The van der Waals surface area contributed by atoms with Gasteiger partial charge in [0.15, 0.2) is 11.3 Å². The van der Waals surface area contributed by atoms with Gasteiger partial charge >= 0.3 is 0 Å². The molecular formula is C26H25N5O2S. The second-order valence-corrected chi connectivity index (χ2v) is 8.47. The third-order valence-electron chi connectivity index (χ3n) is 5.86. The van der Waals surface area contributed by atoms with Crippen LogP contribution in [0, 0.1) is 6.92 Å². The number of likely N-dealkylation sites (N-methyl/N-ethyl adjacent to an activating group) is 1. The molecule has 1 aliphatic carbocycles. The lowest BCUT2D eigenvalue weighted by Gasteiger charge is -2.24. The molecule has 3 aromatic rings. The van der Waals surface area contributed by atoms with Crippen LogP contribution in [0.15, 0.2) is 76.4 Å². The Kier molecular flexibility index (Phi) is 6.44. The van der Waals surface area contributed by atoms with Gasteiger partial charge in [-0.2, -0.15) is 0 Å². The SMILES string of the molecule is CCN(CCNSO)c1cc(C)c2nc3c4ccccc4/c(=N\c4ccncc4)cc-3oc2c1. The first kappa shape index (κ1) is 22.3. The van der Waals surface area contributed by atoms with E-state index in [1.165, 1.54) is 0 Å². The van der Waals surface area contributed by atoms with Crippen molar-refractivity contribution >= 4 is 45.5 Å². The van der Waals surface area contributed by atoms with Crippen LogP contribution in [0.4, 0.5) is 11.4 Å². The van der Waals surface area contributed by atoms with Crippen LogP contribution in [0.1, 0.15) is 12.5 Å². The summed E-state index contributed by atoms with van der Waals surface area (Å²) in [6.45, 7) is 6.43. The molecule has 0 saturated heterocycles. The number of pyridine rings is 1. The van der Waals surface area contributed by atoms with Gasteiger partial charge in [0, 0.05) is 60.6 Å². The summed E-state index contributed by atoms with van der Waals surface area (Å²) in [5.74, 6) is 0.692. The summed E-state index contributed by atoms with van der Waals surface area (Å²) >= 11 is 0.642. The number of anilines is 1. The maximum absolute atomic E-state index is 8.95. The summed E-state index contributed by atoms with van der Waals surface area (Å²) in [7, 11) is 0. The maximum Gasteiger partial charge on any atom is 0.155 e. The maximum atomic E-state index is 8.95. The van der Waals surface area contributed by atoms with Gasteiger partial charge in [0.1, 0.15) is 11.2 Å². The average Bonchev–Trinajstić information content (AvgIpc) is 2.86. The summed E-state index contributed by atoms with van der Waals surface area (Å²) in [6.07, 6.45) is 3.47. The molecule has 8 heteroatoms. The highest BCUT2D eigenvalue weighted by atomic mass is 32.2. The van der Waals surface area contributed by atoms with Crippen LogP contribution in [0.25, 0.3) is 33.3 Å². The van der Waals surface area contributed by atoms with Crippen LogP contribution in [0.5, 0.6) is 0 Å². The molecule has 5 rings (SSSR count). The van der Waals surface area contributed by atoms with Gasteiger partial charge in [-0.1, -0.05) is 24.3 Å². The van der Waals surface area contributed by atoms with Gasteiger partial charge in [0.25, 0.3) is 0 Å². The number of aryl methyl sites for hydroxylation is 1. The number of fused-ring (bicyclic) bond motifs is 4. The number of nitrogens with one attached hydrogen (secondary N) is 1. The number of aromatic nitrogens is 2. The Labute approximate surface area is 201 Å². The molecule has 0 amide bonds. The summed E-state index contributed by atoms with van der Waals surface area (Å²) in [5, 5.41) is 2.86. The Morgan fingerprint density at radius 2 is 1.88 bits per heavy atom. The van der Waals surface area contributed by atoms with E-state index in [1.807, 2.05) is 36.4 Å². The zero-order chi connectivity index (χ0) is 23.5. The predicted molar refractivity (Wildman–Crippen MR) is 138 cm³/mol. The van der Waals surface area contributed by atoms with Crippen LogP contribution in [-0.4, -0.2) is 34.2 Å². The lowest BCUT2D eigenvalue weighted by atomic mass is 10.0. The fourth-order valence-corrected chi connectivity index (χ4v) is 4.40. The van der Waals surface area contributed by atoms with Crippen molar-refractivity contribution in [3.8, 4) is 11.5 Å². The predicted octanol–water partition coefficient (Wildman–Crippen LogP) is 5.56. The van der Waals surface area contributed by atoms with Gasteiger partial charge in [-0.15, -0.1) is 0 Å². The lowest BCUT2D eigenvalue weighted by molar-refractivity contribution is 0.612. The fraction of sp³-hybridized carbons (Fsp3) is 0.192. The lowest BCUT2D eigenvalue weighted by Crippen LogP contribution is -2.29. The van der Waals surface area contributed by atoms with Crippen molar-refractivity contribution in [1.82, 2.24) is 14.7 Å². The van der Waals surface area contributed by atoms with Crippen molar-refractivity contribution in [3.63, 3.8) is 0 Å². The minimum absolute atomic E-state index is 0.642. The number of hydrogen-bond acceptors (Lipinski definition) is 8. The van der Waals surface area contributed by atoms with Gasteiger partial charge in [-0.3, -0.25) is 4.98 Å². The molecule has 0 spiro atoms. The molecule has 34 heavy (non-hydrogen) atoms. The monoisotopic (exact) mass is 471 g/mol. The van der Waals surface area contributed by atoms with Gasteiger partial charge < -0.3 is 13.9 Å².